The van der Waals surface area contributed by atoms with E-state index in [-0.39, 0.29) is 18.9 Å². The molecule has 18 heavy (non-hydrogen) atoms. The van der Waals surface area contributed by atoms with Crippen LogP contribution in [0.4, 0.5) is 5.82 Å². The van der Waals surface area contributed by atoms with Crippen molar-refractivity contribution in [3.63, 3.8) is 0 Å². The number of anilines is 1. The first-order valence-electron chi connectivity index (χ1n) is 5.54. The fourth-order valence-corrected chi connectivity index (χ4v) is 2.48. The molecule has 1 aliphatic rings. The lowest BCUT2D eigenvalue weighted by molar-refractivity contribution is -0.117. The van der Waals surface area contributed by atoms with Crippen LogP contribution >= 0.6 is 15.9 Å². The number of fused-ring (bicyclic) bond motifs is 1. The third kappa shape index (κ3) is 1.87. The number of hydrogen-bond donors (Lipinski definition) is 1. The second kappa shape index (κ2) is 4.29. The average molecular weight is 308 g/mol. The standard InChI is InChI=1S/C12H10BrN3O2/c13-7-1-2-10-9(3-7)12(15-6-14-10)16-5-8(17)4-11(16)18/h1-3,6,8,17H,4-5H2. The Balaban J connectivity index is 2.17. The fraction of sp³-hybridized carbons (Fsp3) is 0.250. The largest absolute Gasteiger partial charge is 0.391 e. The van der Waals surface area contributed by atoms with Gasteiger partial charge in [-0.05, 0) is 18.2 Å². The summed E-state index contributed by atoms with van der Waals surface area (Å²) in [4.78, 5) is 21.7. The molecule has 3 rings (SSSR count). The number of aliphatic hydroxyl groups excluding tert-OH is 1. The van der Waals surface area contributed by atoms with Crippen LogP contribution in [-0.4, -0.2) is 33.6 Å². The number of carbonyl (C=O) groups excluding carboxylic acids is 1. The zero-order valence-corrected chi connectivity index (χ0v) is 11.0. The normalized spacial score (nSPS) is 19.8. The Kier molecular flexibility index (Phi) is 2.76. The van der Waals surface area contributed by atoms with Gasteiger partial charge in [0.2, 0.25) is 5.91 Å². The summed E-state index contributed by atoms with van der Waals surface area (Å²) in [5.74, 6) is 0.449. The Morgan fingerprint density at radius 1 is 1.39 bits per heavy atom. The van der Waals surface area contributed by atoms with E-state index < -0.39 is 6.10 Å². The van der Waals surface area contributed by atoms with Gasteiger partial charge in [-0.2, -0.15) is 0 Å². The van der Waals surface area contributed by atoms with Gasteiger partial charge in [0, 0.05) is 9.86 Å². The van der Waals surface area contributed by atoms with Crippen molar-refractivity contribution in [1.29, 1.82) is 0 Å². The van der Waals surface area contributed by atoms with E-state index in [1.807, 2.05) is 18.2 Å². The summed E-state index contributed by atoms with van der Waals surface area (Å²) in [6.45, 7) is 0.289. The average Bonchev–Trinajstić information content (AvgIpc) is 2.67. The molecule has 1 aliphatic heterocycles. The first-order chi connectivity index (χ1) is 8.65. The summed E-state index contributed by atoms with van der Waals surface area (Å²) in [6.07, 6.45) is 0.970. The molecule has 1 N–H and O–H groups in total. The topological polar surface area (TPSA) is 66.3 Å². The molecule has 6 heteroatoms. The molecule has 5 nitrogen and oxygen atoms in total. The van der Waals surface area contributed by atoms with Gasteiger partial charge in [-0.15, -0.1) is 0 Å². The van der Waals surface area contributed by atoms with Gasteiger partial charge in [0.1, 0.15) is 12.1 Å². The summed E-state index contributed by atoms with van der Waals surface area (Å²) in [6, 6.07) is 5.63. The highest BCUT2D eigenvalue weighted by molar-refractivity contribution is 9.10. The Hall–Kier alpha value is -1.53. The number of amides is 1. The molecule has 0 bridgehead atoms. The van der Waals surface area contributed by atoms with E-state index >= 15 is 0 Å². The van der Waals surface area contributed by atoms with E-state index in [1.54, 1.807) is 0 Å². The summed E-state index contributed by atoms with van der Waals surface area (Å²) in [5, 5.41) is 10.3. The van der Waals surface area contributed by atoms with E-state index in [0.717, 1.165) is 15.4 Å². The number of rotatable bonds is 1. The summed E-state index contributed by atoms with van der Waals surface area (Å²) >= 11 is 3.39. The molecule has 0 radical (unpaired) electrons. The minimum Gasteiger partial charge on any atom is -0.391 e. The predicted octanol–water partition coefficient (Wildman–Crippen LogP) is 1.49. The molecule has 92 valence electrons. The van der Waals surface area contributed by atoms with E-state index in [9.17, 15) is 9.90 Å². The van der Waals surface area contributed by atoms with Crippen molar-refractivity contribution in [3.8, 4) is 0 Å². The molecule has 0 spiro atoms. The molecule has 2 heterocycles. The molecule has 0 saturated carbocycles. The Morgan fingerprint density at radius 2 is 2.22 bits per heavy atom. The minimum absolute atomic E-state index is 0.109. The van der Waals surface area contributed by atoms with Crippen molar-refractivity contribution >= 4 is 38.6 Å². The molecular formula is C12H10BrN3O2. The monoisotopic (exact) mass is 307 g/mol. The number of carbonyl (C=O) groups is 1. The van der Waals surface area contributed by atoms with Crippen LogP contribution in [0, 0.1) is 0 Å². The fourth-order valence-electron chi connectivity index (χ4n) is 2.12. The second-order valence-electron chi connectivity index (χ2n) is 4.22. The number of aromatic nitrogens is 2. The number of β-amino-alcohol motifs (C(OH)–C–C–N with tert-alkyl or cyclic N) is 1. The van der Waals surface area contributed by atoms with Gasteiger partial charge in [-0.3, -0.25) is 9.69 Å². The van der Waals surface area contributed by atoms with Gasteiger partial charge in [-0.25, -0.2) is 9.97 Å². The maximum absolute atomic E-state index is 11.8. The molecule has 1 fully saturated rings. The number of aliphatic hydroxyl groups is 1. The molecule has 1 amide bonds. The maximum atomic E-state index is 11.8. The first-order valence-corrected chi connectivity index (χ1v) is 6.33. The Morgan fingerprint density at radius 3 is 2.94 bits per heavy atom. The summed E-state index contributed by atoms with van der Waals surface area (Å²) in [5.41, 5.74) is 0.775. The Labute approximate surface area is 112 Å². The quantitative estimate of drug-likeness (QED) is 0.867. The summed E-state index contributed by atoms with van der Waals surface area (Å²) in [7, 11) is 0. The number of nitrogens with zero attached hydrogens (tertiary/aromatic N) is 3. The smallest absolute Gasteiger partial charge is 0.230 e. The zero-order chi connectivity index (χ0) is 12.7. The molecule has 1 saturated heterocycles. The minimum atomic E-state index is -0.616. The van der Waals surface area contributed by atoms with Gasteiger partial charge >= 0.3 is 0 Å². The van der Waals surface area contributed by atoms with Gasteiger partial charge in [0.25, 0.3) is 0 Å². The van der Waals surface area contributed by atoms with Gasteiger partial charge in [0.15, 0.2) is 0 Å². The van der Waals surface area contributed by atoms with Crippen molar-refractivity contribution in [2.45, 2.75) is 12.5 Å². The molecular weight excluding hydrogens is 298 g/mol. The number of halogens is 1. The molecule has 1 unspecified atom stereocenters. The molecule has 1 aromatic heterocycles. The van der Waals surface area contributed by atoms with Crippen LogP contribution in [0.25, 0.3) is 10.9 Å². The van der Waals surface area contributed by atoms with Crippen LogP contribution < -0.4 is 4.90 Å². The third-order valence-electron chi connectivity index (χ3n) is 2.94. The lowest BCUT2D eigenvalue weighted by Crippen LogP contribution is -2.26. The number of hydrogen-bond acceptors (Lipinski definition) is 4. The molecule has 0 aliphatic carbocycles. The van der Waals surface area contributed by atoms with Crippen LogP contribution in [0.5, 0.6) is 0 Å². The zero-order valence-electron chi connectivity index (χ0n) is 9.38. The highest BCUT2D eigenvalue weighted by Crippen LogP contribution is 2.28. The van der Waals surface area contributed by atoms with Crippen molar-refractivity contribution in [2.75, 3.05) is 11.4 Å². The van der Waals surface area contributed by atoms with Crippen molar-refractivity contribution in [2.24, 2.45) is 0 Å². The van der Waals surface area contributed by atoms with Crippen LogP contribution in [-0.2, 0) is 4.79 Å². The van der Waals surface area contributed by atoms with E-state index in [4.69, 9.17) is 0 Å². The maximum Gasteiger partial charge on any atom is 0.230 e. The predicted molar refractivity (Wildman–Crippen MR) is 70.2 cm³/mol. The lowest BCUT2D eigenvalue weighted by atomic mass is 10.2. The van der Waals surface area contributed by atoms with Crippen molar-refractivity contribution < 1.29 is 9.90 Å². The highest BCUT2D eigenvalue weighted by atomic mass is 79.9. The van der Waals surface area contributed by atoms with Gasteiger partial charge in [0.05, 0.1) is 24.6 Å². The van der Waals surface area contributed by atoms with E-state index in [2.05, 4.69) is 25.9 Å². The Bertz CT molecular complexity index is 632. The molecule has 1 aromatic carbocycles. The number of benzene rings is 1. The second-order valence-corrected chi connectivity index (χ2v) is 5.14. The van der Waals surface area contributed by atoms with E-state index in [1.165, 1.54) is 11.2 Å². The lowest BCUT2D eigenvalue weighted by Gasteiger charge is -2.16. The van der Waals surface area contributed by atoms with Crippen LogP contribution in [0.15, 0.2) is 29.0 Å². The SMILES string of the molecule is O=C1CC(O)CN1c1ncnc2ccc(Br)cc12. The molecule has 2 aromatic rings. The van der Waals surface area contributed by atoms with E-state index in [0.29, 0.717) is 5.82 Å². The van der Waals surface area contributed by atoms with Crippen LogP contribution in [0.3, 0.4) is 0 Å². The van der Waals surface area contributed by atoms with Crippen molar-refractivity contribution in [1.82, 2.24) is 9.97 Å². The van der Waals surface area contributed by atoms with Crippen LogP contribution in [0.2, 0.25) is 0 Å². The first kappa shape index (κ1) is 11.6. The summed E-state index contributed by atoms with van der Waals surface area (Å²) < 4.78 is 0.901. The van der Waals surface area contributed by atoms with Gasteiger partial charge in [-0.1, -0.05) is 15.9 Å². The van der Waals surface area contributed by atoms with Gasteiger partial charge < -0.3 is 5.11 Å². The molecule has 1 atom stereocenters. The van der Waals surface area contributed by atoms with Crippen LogP contribution in [0.1, 0.15) is 6.42 Å². The highest BCUT2D eigenvalue weighted by Gasteiger charge is 2.31. The van der Waals surface area contributed by atoms with Crippen molar-refractivity contribution in [3.05, 3.63) is 29.0 Å². The third-order valence-corrected chi connectivity index (χ3v) is 3.43.